The monoisotopic (exact) mass is 387 g/mol. The van der Waals surface area contributed by atoms with E-state index in [2.05, 4.69) is 0 Å². The number of fused-ring (bicyclic) bond motifs is 3. The Hall–Kier alpha value is -2.84. The van der Waals surface area contributed by atoms with Crippen LogP contribution in [0.3, 0.4) is 0 Å². The molecule has 2 heterocycles. The number of aliphatic hydroxyl groups is 3. The van der Waals surface area contributed by atoms with E-state index >= 15 is 0 Å². The van der Waals surface area contributed by atoms with Gasteiger partial charge in [-0.2, -0.15) is 0 Å². The molecule has 3 atom stereocenters. The molecule has 2 aliphatic rings. The van der Waals surface area contributed by atoms with Crippen LogP contribution in [0.5, 0.6) is 5.75 Å². The fraction of sp³-hybridized carbons (Fsp3) is 0.400. The van der Waals surface area contributed by atoms with Gasteiger partial charge in [0.1, 0.15) is 5.75 Å². The molecule has 1 aromatic heterocycles. The molecule has 2 aromatic rings. The number of carbonyl (C=O) groups excluding carboxylic acids is 1. The lowest BCUT2D eigenvalue weighted by atomic mass is 9.87. The Morgan fingerprint density at radius 3 is 2.64 bits per heavy atom. The Balaban J connectivity index is 2.00. The molecule has 0 saturated carbocycles. The van der Waals surface area contributed by atoms with E-state index in [1.54, 1.807) is 13.0 Å². The lowest BCUT2D eigenvalue weighted by Crippen LogP contribution is -2.23. The molecule has 0 spiro atoms. The van der Waals surface area contributed by atoms with Crippen molar-refractivity contribution in [3.8, 4) is 5.75 Å². The van der Waals surface area contributed by atoms with Gasteiger partial charge in [-0.05, 0) is 31.9 Å². The maximum atomic E-state index is 12.8. The number of aromatic nitrogens is 1. The van der Waals surface area contributed by atoms with Crippen LogP contribution >= 0.6 is 0 Å². The number of hydrogen-bond donors (Lipinski definition) is 5. The number of carboxylic acid groups (broad SMARTS) is 1. The van der Waals surface area contributed by atoms with Crippen LogP contribution in [0.1, 0.15) is 54.0 Å². The Labute approximate surface area is 160 Å². The van der Waals surface area contributed by atoms with Crippen LogP contribution < -0.4 is 0 Å². The molecule has 8 heteroatoms. The fourth-order valence-corrected chi connectivity index (χ4v) is 4.55. The van der Waals surface area contributed by atoms with Crippen molar-refractivity contribution in [3.05, 3.63) is 34.8 Å². The van der Waals surface area contributed by atoms with Crippen molar-refractivity contribution >= 4 is 28.1 Å². The highest BCUT2D eigenvalue weighted by Crippen LogP contribution is 2.48. The molecule has 0 bridgehead atoms. The van der Waals surface area contributed by atoms with E-state index in [4.69, 9.17) is 5.11 Å². The first-order chi connectivity index (χ1) is 13.2. The summed E-state index contributed by atoms with van der Waals surface area (Å²) in [5, 5.41) is 51.4. The van der Waals surface area contributed by atoms with Gasteiger partial charge in [0.15, 0.2) is 5.76 Å². The van der Waals surface area contributed by atoms with Crippen molar-refractivity contribution in [2.24, 2.45) is 0 Å². The van der Waals surface area contributed by atoms with Crippen LogP contribution in [0.15, 0.2) is 17.9 Å². The van der Waals surface area contributed by atoms with Gasteiger partial charge in [-0.3, -0.25) is 9.59 Å². The number of aromatic hydroxyl groups is 1. The number of aryl methyl sites for hydroxylation is 1. The summed E-state index contributed by atoms with van der Waals surface area (Å²) < 4.78 is 1.86. The smallest absolute Gasteiger partial charge is 0.305 e. The molecule has 148 valence electrons. The number of benzene rings is 1. The van der Waals surface area contributed by atoms with Crippen LogP contribution in [0.4, 0.5) is 0 Å². The van der Waals surface area contributed by atoms with E-state index < -0.39 is 36.1 Å². The number of aliphatic hydroxyl groups excluding tert-OH is 3. The lowest BCUT2D eigenvalue weighted by Gasteiger charge is -2.25. The van der Waals surface area contributed by atoms with Crippen LogP contribution in [0, 0.1) is 0 Å². The van der Waals surface area contributed by atoms with E-state index in [9.17, 15) is 30.0 Å². The van der Waals surface area contributed by atoms with Crippen LogP contribution in [0.2, 0.25) is 0 Å². The number of carbonyl (C=O) groups is 2. The summed E-state index contributed by atoms with van der Waals surface area (Å²) in [6.07, 6.45) is -1.43. The summed E-state index contributed by atoms with van der Waals surface area (Å²) in [6, 6.07) is 2.82. The predicted octanol–water partition coefficient (Wildman–Crippen LogP) is 1.91. The molecule has 0 fully saturated rings. The number of rotatable bonds is 5. The molecule has 0 radical (unpaired) electrons. The van der Waals surface area contributed by atoms with Gasteiger partial charge in [-0.15, -0.1) is 0 Å². The molecule has 8 nitrogen and oxygen atoms in total. The van der Waals surface area contributed by atoms with Gasteiger partial charge in [-0.1, -0.05) is 0 Å². The van der Waals surface area contributed by atoms with Crippen LogP contribution in [0.25, 0.3) is 16.3 Å². The molecule has 0 unspecified atom stereocenters. The molecule has 28 heavy (non-hydrogen) atoms. The highest BCUT2D eigenvalue weighted by atomic mass is 16.4. The van der Waals surface area contributed by atoms with E-state index in [-0.39, 0.29) is 29.3 Å². The standard InChI is InChI=1S/C20H21NO7/c1-8(22)12-3-4-13-10-2-5-14(24)17-16(10)18(21(12)13)11(19(27)20(17)28)6-9(23)7-15(25)26/h2,5,8-9,12,22-24,27H,3-4,6-7H2,1H3,(H,25,26)/t8-,9-,12+/m1/s1. The molecule has 4 rings (SSSR count). The number of Topliss-reactive ketones (excluding diaryl/α,β-unsaturated/α-hetero) is 1. The summed E-state index contributed by atoms with van der Waals surface area (Å²) in [5.74, 6) is -2.82. The third-order valence-electron chi connectivity index (χ3n) is 5.69. The summed E-state index contributed by atoms with van der Waals surface area (Å²) in [5.41, 5.74) is 1.47. The highest BCUT2D eigenvalue weighted by molar-refractivity contribution is 6.25. The minimum Gasteiger partial charge on any atom is -0.507 e. The summed E-state index contributed by atoms with van der Waals surface area (Å²) >= 11 is 0. The largest absolute Gasteiger partial charge is 0.507 e. The average molecular weight is 387 g/mol. The second-order valence-electron chi connectivity index (χ2n) is 7.51. The van der Waals surface area contributed by atoms with Gasteiger partial charge in [0.25, 0.3) is 0 Å². The van der Waals surface area contributed by atoms with Crippen LogP contribution in [-0.2, 0) is 11.2 Å². The first kappa shape index (κ1) is 18.5. The molecule has 1 aliphatic carbocycles. The van der Waals surface area contributed by atoms with E-state index in [0.29, 0.717) is 23.9 Å². The van der Waals surface area contributed by atoms with Crippen molar-refractivity contribution in [1.82, 2.24) is 4.57 Å². The molecule has 5 N–H and O–H groups in total. The topological polar surface area (TPSA) is 140 Å². The lowest BCUT2D eigenvalue weighted by molar-refractivity contribution is -0.139. The van der Waals surface area contributed by atoms with Crippen molar-refractivity contribution in [3.63, 3.8) is 0 Å². The van der Waals surface area contributed by atoms with Crippen molar-refractivity contribution in [1.29, 1.82) is 0 Å². The first-order valence-corrected chi connectivity index (χ1v) is 9.16. The number of aliphatic carboxylic acids is 1. The fourth-order valence-electron chi connectivity index (χ4n) is 4.55. The van der Waals surface area contributed by atoms with Crippen LogP contribution in [-0.4, -0.2) is 54.1 Å². The maximum Gasteiger partial charge on any atom is 0.305 e. The Kier molecular flexibility index (Phi) is 4.20. The third kappa shape index (κ3) is 2.52. The minimum absolute atomic E-state index is 0.00674. The highest BCUT2D eigenvalue weighted by Gasteiger charge is 2.39. The SMILES string of the molecule is C[C@@H](O)[C@@H]1CCc2c3ccc(O)c4c3c(n21)C(C[C@@H](O)CC(=O)O)=C(O)C4=O. The molecule has 0 amide bonds. The number of carboxylic acids is 1. The Bertz CT molecular complexity index is 1050. The predicted molar refractivity (Wildman–Crippen MR) is 99.4 cm³/mol. The number of allylic oxidation sites excluding steroid dienone is 1. The van der Waals surface area contributed by atoms with E-state index in [1.165, 1.54) is 6.07 Å². The second kappa shape index (κ2) is 6.35. The number of nitrogens with zero attached hydrogens (tertiary/aromatic N) is 1. The van der Waals surface area contributed by atoms with Gasteiger partial charge in [-0.25, -0.2) is 0 Å². The van der Waals surface area contributed by atoms with Gasteiger partial charge in [0.2, 0.25) is 5.78 Å². The summed E-state index contributed by atoms with van der Waals surface area (Å²) in [6.45, 7) is 1.66. The minimum atomic E-state index is -1.30. The van der Waals surface area contributed by atoms with E-state index in [1.807, 2.05) is 4.57 Å². The number of ketones is 1. The number of hydrogen-bond acceptors (Lipinski definition) is 6. The molecule has 1 aliphatic heterocycles. The average Bonchev–Trinajstić information content (AvgIpc) is 3.15. The second-order valence-corrected chi connectivity index (χ2v) is 7.51. The van der Waals surface area contributed by atoms with Crippen molar-refractivity contribution < 1.29 is 35.1 Å². The molecule has 0 saturated heterocycles. The first-order valence-electron chi connectivity index (χ1n) is 9.16. The molecular formula is C20H21NO7. The summed E-state index contributed by atoms with van der Waals surface area (Å²) in [4.78, 5) is 23.7. The zero-order valence-corrected chi connectivity index (χ0v) is 15.2. The van der Waals surface area contributed by atoms with Gasteiger partial charge in [0, 0.05) is 28.5 Å². The Morgan fingerprint density at radius 1 is 1.29 bits per heavy atom. The number of phenols is 1. The maximum absolute atomic E-state index is 12.8. The zero-order chi connectivity index (χ0) is 20.3. The normalized spacial score (nSPS) is 20.5. The van der Waals surface area contributed by atoms with Gasteiger partial charge >= 0.3 is 5.97 Å². The van der Waals surface area contributed by atoms with E-state index in [0.717, 1.165) is 11.1 Å². The Morgan fingerprint density at radius 2 is 2.00 bits per heavy atom. The third-order valence-corrected chi connectivity index (χ3v) is 5.69. The van der Waals surface area contributed by atoms with Gasteiger partial charge < -0.3 is 30.1 Å². The number of phenolic OH excluding ortho intramolecular Hbond substituents is 1. The summed E-state index contributed by atoms with van der Waals surface area (Å²) in [7, 11) is 0. The molecule has 1 aromatic carbocycles. The molecular weight excluding hydrogens is 366 g/mol. The van der Waals surface area contributed by atoms with Crippen molar-refractivity contribution in [2.45, 2.75) is 50.9 Å². The quantitative estimate of drug-likeness (QED) is 0.528. The van der Waals surface area contributed by atoms with Gasteiger partial charge in [0.05, 0.1) is 35.9 Å². The van der Waals surface area contributed by atoms with Crippen molar-refractivity contribution in [2.75, 3.05) is 0 Å². The zero-order valence-electron chi connectivity index (χ0n) is 15.2.